The smallest absolute Gasteiger partial charge is 0.00788 e. The third kappa shape index (κ3) is 2.80. The molecule has 11 heavy (non-hydrogen) atoms. The average Bonchev–Trinajstić information content (AvgIpc) is 2.11. The van der Waals surface area contributed by atoms with E-state index in [9.17, 15) is 0 Å². The summed E-state index contributed by atoms with van der Waals surface area (Å²) in [5, 5.41) is 3.31. The summed E-state index contributed by atoms with van der Waals surface area (Å²) in [5.74, 6) is 0.823. The van der Waals surface area contributed by atoms with Crippen molar-refractivity contribution in [2.75, 3.05) is 7.05 Å². The highest BCUT2D eigenvalue weighted by molar-refractivity contribution is 4.79. The molecule has 0 aliphatic heterocycles. The van der Waals surface area contributed by atoms with Crippen LogP contribution in [0.5, 0.6) is 0 Å². The molecule has 0 spiro atoms. The van der Waals surface area contributed by atoms with Crippen molar-refractivity contribution in [3.05, 3.63) is 0 Å². The molecule has 0 radical (unpaired) electrons. The summed E-state index contributed by atoms with van der Waals surface area (Å²) in [5.41, 5.74) is 5.95. The van der Waals surface area contributed by atoms with Crippen LogP contribution < -0.4 is 11.1 Å². The Balaban J connectivity index is 2.39. The first-order chi connectivity index (χ1) is 5.22. The van der Waals surface area contributed by atoms with Crippen LogP contribution in [0.25, 0.3) is 0 Å². The lowest BCUT2D eigenvalue weighted by Gasteiger charge is -2.15. The normalized spacial score (nSPS) is 40.1. The molecule has 0 bridgehead atoms. The van der Waals surface area contributed by atoms with E-state index in [1.165, 1.54) is 19.3 Å². The predicted octanol–water partition coefficient (Wildman–Crippen LogP) is 1.11. The molecule has 3 atom stereocenters. The minimum atomic E-state index is 0.421. The van der Waals surface area contributed by atoms with Gasteiger partial charge in [-0.05, 0) is 38.6 Å². The maximum absolute atomic E-state index is 5.95. The van der Waals surface area contributed by atoms with Gasteiger partial charge in [-0.1, -0.05) is 6.92 Å². The summed E-state index contributed by atoms with van der Waals surface area (Å²) in [6, 6.07) is 1.08. The molecule has 1 saturated carbocycles. The predicted molar refractivity (Wildman–Crippen MR) is 48.5 cm³/mol. The van der Waals surface area contributed by atoms with Gasteiger partial charge in [-0.2, -0.15) is 0 Å². The van der Waals surface area contributed by atoms with Gasteiger partial charge in [0.2, 0.25) is 0 Å². The van der Waals surface area contributed by atoms with Gasteiger partial charge in [0.1, 0.15) is 0 Å². The first-order valence-corrected chi connectivity index (χ1v) is 4.65. The van der Waals surface area contributed by atoms with E-state index in [0.29, 0.717) is 12.1 Å². The minimum absolute atomic E-state index is 0.421. The van der Waals surface area contributed by atoms with E-state index in [1.807, 2.05) is 7.05 Å². The molecule has 2 heteroatoms. The lowest BCUT2D eigenvalue weighted by Crippen LogP contribution is -2.31. The molecule has 0 aromatic rings. The molecule has 0 saturated heterocycles. The molecule has 3 unspecified atom stereocenters. The van der Waals surface area contributed by atoms with Crippen LogP contribution in [0.4, 0.5) is 0 Å². The van der Waals surface area contributed by atoms with E-state index in [0.717, 1.165) is 12.3 Å². The highest BCUT2D eigenvalue weighted by atomic mass is 14.9. The Morgan fingerprint density at radius 2 is 2.00 bits per heavy atom. The molecule has 1 aliphatic carbocycles. The third-order valence-corrected chi connectivity index (χ3v) is 2.71. The van der Waals surface area contributed by atoms with Gasteiger partial charge in [-0.3, -0.25) is 0 Å². The second kappa shape index (κ2) is 4.07. The summed E-state index contributed by atoms with van der Waals surface area (Å²) < 4.78 is 0. The van der Waals surface area contributed by atoms with Gasteiger partial charge in [0.25, 0.3) is 0 Å². The SMILES string of the molecule is CNC1CCC(C)CC(N)C1. The molecular weight excluding hydrogens is 136 g/mol. The van der Waals surface area contributed by atoms with Crippen LogP contribution in [-0.2, 0) is 0 Å². The van der Waals surface area contributed by atoms with Gasteiger partial charge in [0, 0.05) is 12.1 Å². The molecular formula is C9H20N2. The quantitative estimate of drug-likeness (QED) is 0.558. The van der Waals surface area contributed by atoms with Crippen LogP contribution in [0.2, 0.25) is 0 Å². The second-order valence-electron chi connectivity index (χ2n) is 3.90. The zero-order chi connectivity index (χ0) is 8.27. The maximum atomic E-state index is 5.95. The summed E-state index contributed by atoms with van der Waals surface area (Å²) in [6.07, 6.45) is 4.99. The van der Waals surface area contributed by atoms with E-state index in [4.69, 9.17) is 5.73 Å². The molecule has 1 aliphatic rings. The lowest BCUT2D eigenvalue weighted by molar-refractivity contribution is 0.466. The Kier molecular flexibility index (Phi) is 3.34. The van der Waals surface area contributed by atoms with Crippen molar-refractivity contribution in [2.24, 2.45) is 11.7 Å². The van der Waals surface area contributed by atoms with Gasteiger partial charge in [0.15, 0.2) is 0 Å². The topological polar surface area (TPSA) is 38.0 Å². The summed E-state index contributed by atoms with van der Waals surface area (Å²) >= 11 is 0. The third-order valence-electron chi connectivity index (χ3n) is 2.71. The number of hydrogen-bond acceptors (Lipinski definition) is 2. The van der Waals surface area contributed by atoms with Crippen molar-refractivity contribution >= 4 is 0 Å². The Labute approximate surface area is 69.5 Å². The van der Waals surface area contributed by atoms with Crippen LogP contribution in [0.1, 0.15) is 32.6 Å². The van der Waals surface area contributed by atoms with Crippen molar-refractivity contribution in [1.82, 2.24) is 5.32 Å². The van der Waals surface area contributed by atoms with Gasteiger partial charge in [0.05, 0.1) is 0 Å². The van der Waals surface area contributed by atoms with Crippen molar-refractivity contribution < 1.29 is 0 Å². The second-order valence-corrected chi connectivity index (χ2v) is 3.90. The zero-order valence-corrected chi connectivity index (χ0v) is 7.64. The van der Waals surface area contributed by atoms with Gasteiger partial charge >= 0.3 is 0 Å². The number of rotatable bonds is 1. The summed E-state index contributed by atoms with van der Waals surface area (Å²) in [6.45, 7) is 2.30. The van der Waals surface area contributed by atoms with Crippen molar-refractivity contribution in [3.8, 4) is 0 Å². The fraction of sp³-hybridized carbons (Fsp3) is 1.00. The highest BCUT2D eigenvalue weighted by Crippen LogP contribution is 2.21. The fourth-order valence-corrected chi connectivity index (χ4v) is 1.96. The molecule has 2 nitrogen and oxygen atoms in total. The van der Waals surface area contributed by atoms with Gasteiger partial charge in [-0.15, -0.1) is 0 Å². The monoisotopic (exact) mass is 156 g/mol. The number of hydrogen-bond donors (Lipinski definition) is 2. The van der Waals surface area contributed by atoms with E-state index in [1.54, 1.807) is 0 Å². The number of nitrogens with two attached hydrogens (primary N) is 1. The molecule has 66 valence electrons. The zero-order valence-electron chi connectivity index (χ0n) is 7.64. The van der Waals surface area contributed by atoms with E-state index in [2.05, 4.69) is 12.2 Å². The Morgan fingerprint density at radius 1 is 1.27 bits per heavy atom. The molecule has 3 N–H and O–H groups in total. The molecule has 0 aromatic heterocycles. The van der Waals surface area contributed by atoms with Crippen LogP contribution in [-0.4, -0.2) is 19.1 Å². The van der Waals surface area contributed by atoms with Gasteiger partial charge in [-0.25, -0.2) is 0 Å². The molecule has 1 fully saturated rings. The molecule has 0 heterocycles. The minimum Gasteiger partial charge on any atom is -0.328 e. The van der Waals surface area contributed by atoms with Gasteiger partial charge < -0.3 is 11.1 Å². The number of nitrogens with one attached hydrogen (secondary N) is 1. The van der Waals surface area contributed by atoms with Crippen molar-refractivity contribution in [3.63, 3.8) is 0 Å². The Hall–Kier alpha value is -0.0800. The molecule has 0 aromatic carbocycles. The van der Waals surface area contributed by atoms with Crippen molar-refractivity contribution in [2.45, 2.75) is 44.7 Å². The van der Waals surface area contributed by atoms with Crippen LogP contribution in [0, 0.1) is 5.92 Å². The molecule has 0 amide bonds. The maximum Gasteiger partial charge on any atom is 0.00788 e. The van der Waals surface area contributed by atoms with E-state index < -0.39 is 0 Å². The van der Waals surface area contributed by atoms with Crippen LogP contribution in [0.15, 0.2) is 0 Å². The molecule has 1 rings (SSSR count). The Morgan fingerprint density at radius 3 is 2.64 bits per heavy atom. The average molecular weight is 156 g/mol. The largest absolute Gasteiger partial charge is 0.328 e. The van der Waals surface area contributed by atoms with E-state index >= 15 is 0 Å². The Bertz CT molecular complexity index is 114. The van der Waals surface area contributed by atoms with E-state index in [-0.39, 0.29) is 0 Å². The fourth-order valence-electron chi connectivity index (χ4n) is 1.96. The summed E-state index contributed by atoms with van der Waals surface area (Å²) in [7, 11) is 2.04. The lowest BCUT2D eigenvalue weighted by atomic mass is 10.0. The first-order valence-electron chi connectivity index (χ1n) is 4.65. The van der Waals surface area contributed by atoms with Crippen LogP contribution in [0.3, 0.4) is 0 Å². The first kappa shape index (κ1) is 9.01. The van der Waals surface area contributed by atoms with Crippen molar-refractivity contribution in [1.29, 1.82) is 0 Å². The highest BCUT2D eigenvalue weighted by Gasteiger charge is 2.19. The van der Waals surface area contributed by atoms with Crippen LogP contribution >= 0.6 is 0 Å². The standard InChI is InChI=1S/C9H20N2/c1-7-3-4-9(11-2)6-8(10)5-7/h7-9,11H,3-6,10H2,1-2H3. The summed E-state index contributed by atoms with van der Waals surface area (Å²) in [4.78, 5) is 0.